The van der Waals surface area contributed by atoms with Gasteiger partial charge in [0.05, 0.1) is 0 Å². The Labute approximate surface area is 54.7 Å². The van der Waals surface area contributed by atoms with Crippen molar-refractivity contribution in [1.29, 1.82) is 0 Å². The molecule has 0 amide bonds. The Morgan fingerprint density at radius 2 is 2.22 bits per heavy atom. The molecule has 0 aromatic heterocycles. The molecule has 0 saturated heterocycles. The minimum absolute atomic E-state index is 0.197. The molecule has 0 heterocycles. The Bertz CT molecular complexity index is 184. The van der Waals surface area contributed by atoms with Gasteiger partial charge in [0, 0.05) is 12.7 Å². The summed E-state index contributed by atoms with van der Waals surface area (Å²) in [6.45, 7) is 4.97. The van der Waals surface area contributed by atoms with Crippen LogP contribution in [0, 0.1) is 0 Å². The summed E-state index contributed by atoms with van der Waals surface area (Å²) in [7, 11) is -4.05. The van der Waals surface area contributed by atoms with Crippen LogP contribution in [0.25, 0.3) is 0 Å². The molecule has 0 aliphatic heterocycles. The van der Waals surface area contributed by atoms with E-state index in [-0.39, 0.29) is 6.54 Å². The van der Waals surface area contributed by atoms with Gasteiger partial charge in [-0.3, -0.25) is 8.86 Å². The molecule has 0 radical (unpaired) electrons. The first-order valence-electron chi connectivity index (χ1n) is 2.39. The van der Waals surface area contributed by atoms with Crippen molar-refractivity contribution in [2.75, 3.05) is 6.54 Å². The van der Waals surface area contributed by atoms with Gasteiger partial charge in [0.2, 0.25) is 0 Å². The van der Waals surface area contributed by atoms with Crippen LogP contribution in [-0.4, -0.2) is 23.8 Å². The van der Waals surface area contributed by atoms with E-state index >= 15 is 0 Å². The van der Waals surface area contributed by atoms with Crippen LogP contribution in [0.5, 0.6) is 0 Å². The summed E-state index contributed by atoms with van der Waals surface area (Å²) < 4.78 is 29.4. The summed E-state index contributed by atoms with van der Waals surface area (Å²) in [6, 6.07) is 0. The molecule has 9 heavy (non-hydrogen) atoms. The molecule has 0 unspecified atom stereocenters. The maximum Gasteiger partial charge on any atom is 0.359 e. The molecule has 0 rings (SSSR count). The predicted molar refractivity (Wildman–Crippen MR) is 34.1 cm³/mol. The van der Waals surface area contributed by atoms with Crippen molar-refractivity contribution < 1.29 is 13.0 Å². The molecule has 1 N–H and O–H groups in total. The monoisotopic (exact) mass is 151 g/mol. The number of rotatable bonds is 3. The van der Waals surface area contributed by atoms with Crippen LogP contribution < -0.4 is 0 Å². The average Bonchev–Trinajstić information content (AvgIpc) is 1.65. The van der Waals surface area contributed by atoms with Gasteiger partial charge in [-0.2, -0.15) is 8.42 Å². The number of hydrogen-bond acceptors (Lipinski definition) is 2. The Kier molecular flexibility index (Phi) is 2.66. The van der Waals surface area contributed by atoms with E-state index in [4.69, 9.17) is 4.55 Å². The van der Waals surface area contributed by atoms with Crippen molar-refractivity contribution in [3.8, 4) is 0 Å². The van der Waals surface area contributed by atoms with Crippen molar-refractivity contribution in [3.63, 3.8) is 0 Å². The van der Waals surface area contributed by atoms with Crippen molar-refractivity contribution in [2.45, 2.75) is 6.92 Å². The van der Waals surface area contributed by atoms with E-state index < -0.39 is 10.3 Å². The Morgan fingerprint density at radius 1 is 1.78 bits per heavy atom. The van der Waals surface area contributed by atoms with Gasteiger partial charge in [-0.05, 0) is 6.92 Å². The smallest absolute Gasteiger partial charge is 0.269 e. The van der Waals surface area contributed by atoms with Gasteiger partial charge in [0.1, 0.15) is 0 Å². The van der Waals surface area contributed by atoms with Gasteiger partial charge in [-0.1, -0.05) is 6.58 Å². The van der Waals surface area contributed by atoms with Crippen LogP contribution in [-0.2, 0) is 10.3 Å². The molecule has 0 spiro atoms. The molecule has 5 heteroatoms. The van der Waals surface area contributed by atoms with E-state index in [0.717, 1.165) is 10.5 Å². The highest BCUT2D eigenvalue weighted by atomic mass is 32.2. The maximum atomic E-state index is 10.2. The summed E-state index contributed by atoms with van der Waals surface area (Å²) in [5, 5.41) is 0. The van der Waals surface area contributed by atoms with Crippen LogP contribution in [0.15, 0.2) is 12.8 Å². The molecule has 0 aliphatic carbocycles. The van der Waals surface area contributed by atoms with E-state index in [1.54, 1.807) is 6.92 Å². The largest absolute Gasteiger partial charge is 0.359 e. The molecule has 0 saturated carbocycles. The fraction of sp³-hybridized carbons (Fsp3) is 0.500. The zero-order valence-corrected chi connectivity index (χ0v) is 5.93. The second kappa shape index (κ2) is 2.84. The highest BCUT2D eigenvalue weighted by Crippen LogP contribution is 1.94. The normalized spacial score (nSPS) is 10.9. The minimum atomic E-state index is -4.05. The third-order valence-corrected chi connectivity index (χ3v) is 1.81. The maximum absolute atomic E-state index is 10.2. The van der Waals surface area contributed by atoms with Crippen molar-refractivity contribution in [3.05, 3.63) is 12.8 Å². The lowest BCUT2D eigenvalue weighted by molar-refractivity contribution is 0.413. The van der Waals surface area contributed by atoms with Gasteiger partial charge >= 0.3 is 10.3 Å². The first-order valence-corrected chi connectivity index (χ1v) is 3.79. The third-order valence-electron chi connectivity index (χ3n) is 0.812. The fourth-order valence-electron chi connectivity index (χ4n) is 0.386. The molecule has 0 fully saturated rings. The van der Waals surface area contributed by atoms with Gasteiger partial charge in [0.15, 0.2) is 0 Å². The molecular weight excluding hydrogens is 142 g/mol. The van der Waals surface area contributed by atoms with Crippen molar-refractivity contribution in [1.82, 2.24) is 4.31 Å². The zero-order chi connectivity index (χ0) is 7.49. The predicted octanol–water partition coefficient (Wildman–Crippen LogP) is 0.255. The lowest BCUT2D eigenvalue weighted by Crippen LogP contribution is -2.23. The van der Waals surface area contributed by atoms with Crippen LogP contribution in [0.2, 0.25) is 0 Å². The minimum Gasteiger partial charge on any atom is -0.269 e. The van der Waals surface area contributed by atoms with E-state index in [0.29, 0.717) is 0 Å². The number of hydrogen-bond donors (Lipinski definition) is 1. The fourth-order valence-corrected chi connectivity index (χ4v) is 0.901. The van der Waals surface area contributed by atoms with Crippen LogP contribution >= 0.6 is 0 Å². The van der Waals surface area contributed by atoms with E-state index in [1.165, 1.54) is 0 Å². The Hall–Kier alpha value is -0.550. The molecule has 0 aromatic carbocycles. The highest BCUT2D eigenvalue weighted by molar-refractivity contribution is 7.83. The zero-order valence-electron chi connectivity index (χ0n) is 5.11. The lowest BCUT2D eigenvalue weighted by Gasteiger charge is -2.11. The SMILES string of the molecule is C=CN(CC)S(=O)(=O)O. The molecule has 0 aromatic rings. The van der Waals surface area contributed by atoms with E-state index in [9.17, 15) is 8.42 Å². The molecule has 0 atom stereocenters. The Morgan fingerprint density at radius 3 is 2.22 bits per heavy atom. The van der Waals surface area contributed by atoms with Crippen molar-refractivity contribution in [2.24, 2.45) is 0 Å². The standard InChI is InChI=1S/C4H9NO3S/c1-3-5(4-2)9(6,7)8/h3H,1,4H2,2H3,(H,6,7,8). The van der Waals surface area contributed by atoms with Gasteiger partial charge < -0.3 is 0 Å². The van der Waals surface area contributed by atoms with Crippen molar-refractivity contribution >= 4 is 10.3 Å². The summed E-state index contributed by atoms with van der Waals surface area (Å²) in [5.41, 5.74) is 0. The van der Waals surface area contributed by atoms with Crippen LogP contribution in [0.1, 0.15) is 6.92 Å². The second-order valence-corrected chi connectivity index (χ2v) is 2.73. The van der Waals surface area contributed by atoms with Crippen LogP contribution in [0.3, 0.4) is 0 Å². The highest BCUT2D eigenvalue weighted by Gasteiger charge is 2.09. The molecular formula is C4H9NO3S. The topological polar surface area (TPSA) is 57.6 Å². The molecule has 54 valence electrons. The summed E-state index contributed by atoms with van der Waals surface area (Å²) in [4.78, 5) is 0. The van der Waals surface area contributed by atoms with Gasteiger partial charge in [-0.15, -0.1) is 0 Å². The molecule has 4 nitrogen and oxygen atoms in total. The summed E-state index contributed by atoms with van der Waals surface area (Å²) in [6.07, 6.45) is 1.05. The molecule has 0 aliphatic rings. The molecule has 0 bridgehead atoms. The van der Waals surface area contributed by atoms with E-state index in [2.05, 4.69) is 6.58 Å². The van der Waals surface area contributed by atoms with Crippen LogP contribution in [0.4, 0.5) is 0 Å². The van der Waals surface area contributed by atoms with Gasteiger partial charge in [-0.25, -0.2) is 0 Å². The first-order chi connectivity index (χ1) is 4.02. The summed E-state index contributed by atoms with van der Waals surface area (Å²) >= 11 is 0. The second-order valence-electron chi connectivity index (χ2n) is 1.36. The Balaban J connectivity index is 4.32. The summed E-state index contributed by atoms with van der Waals surface area (Å²) in [5.74, 6) is 0. The quantitative estimate of drug-likeness (QED) is 0.588. The average molecular weight is 151 g/mol. The third kappa shape index (κ3) is 2.48. The first kappa shape index (κ1) is 8.45. The van der Waals surface area contributed by atoms with E-state index in [1.807, 2.05) is 0 Å². The number of nitrogens with zero attached hydrogens (tertiary/aromatic N) is 1. The van der Waals surface area contributed by atoms with Gasteiger partial charge in [0.25, 0.3) is 0 Å². The lowest BCUT2D eigenvalue weighted by atomic mass is 10.7.